The Morgan fingerprint density at radius 1 is 0.960 bits per heavy atom. The number of ether oxygens (including phenoxy) is 3. The summed E-state index contributed by atoms with van der Waals surface area (Å²) in [5.74, 6) is 1.46. The molecule has 0 bridgehead atoms. The van der Waals surface area contributed by atoms with Crippen molar-refractivity contribution in [3.8, 4) is 11.5 Å². The van der Waals surface area contributed by atoms with Gasteiger partial charge in [-0.3, -0.25) is 5.32 Å². The molecule has 6 heteroatoms. The average molecular weight is 344 g/mol. The maximum atomic E-state index is 11.4. The third-order valence-electron chi connectivity index (χ3n) is 3.60. The lowest BCUT2D eigenvalue weighted by Gasteiger charge is -2.11. The fourth-order valence-electron chi connectivity index (χ4n) is 2.34. The topological polar surface area (TPSA) is 68.8 Å². The van der Waals surface area contributed by atoms with Crippen LogP contribution in [0.2, 0.25) is 0 Å². The first-order valence-electron chi connectivity index (χ1n) is 8.15. The van der Waals surface area contributed by atoms with E-state index in [9.17, 15) is 4.79 Å². The van der Waals surface area contributed by atoms with Gasteiger partial charge in [0, 0.05) is 17.9 Å². The summed E-state index contributed by atoms with van der Waals surface area (Å²) in [5.41, 5.74) is 2.84. The van der Waals surface area contributed by atoms with Gasteiger partial charge in [0.05, 0.1) is 20.8 Å². The number of amides is 1. The van der Waals surface area contributed by atoms with Crippen LogP contribution in [0, 0.1) is 0 Å². The molecule has 2 N–H and O–H groups in total. The van der Waals surface area contributed by atoms with Crippen LogP contribution in [0.15, 0.2) is 42.5 Å². The molecule has 0 spiro atoms. The lowest BCUT2D eigenvalue weighted by Crippen LogP contribution is -2.13. The van der Waals surface area contributed by atoms with E-state index in [1.807, 2.05) is 42.5 Å². The van der Waals surface area contributed by atoms with E-state index in [2.05, 4.69) is 10.6 Å². The number of carbonyl (C=O) groups is 1. The van der Waals surface area contributed by atoms with Crippen LogP contribution < -0.4 is 20.1 Å². The fourth-order valence-corrected chi connectivity index (χ4v) is 2.34. The molecule has 0 aromatic heterocycles. The molecule has 2 aromatic rings. The lowest BCUT2D eigenvalue weighted by molar-refractivity contribution is 0.168. The van der Waals surface area contributed by atoms with Crippen molar-refractivity contribution in [2.45, 2.75) is 13.3 Å². The molecule has 0 heterocycles. The molecular formula is C19H24N2O4. The van der Waals surface area contributed by atoms with Crippen molar-refractivity contribution in [2.24, 2.45) is 0 Å². The van der Waals surface area contributed by atoms with Gasteiger partial charge in [0.15, 0.2) is 11.5 Å². The van der Waals surface area contributed by atoms with Crippen molar-refractivity contribution in [1.29, 1.82) is 0 Å². The van der Waals surface area contributed by atoms with Crippen LogP contribution in [-0.4, -0.2) is 33.5 Å². The third-order valence-corrected chi connectivity index (χ3v) is 3.60. The summed E-state index contributed by atoms with van der Waals surface area (Å²) < 4.78 is 15.4. The summed E-state index contributed by atoms with van der Waals surface area (Å²) in [6.45, 7) is 2.90. The second-order valence-electron chi connectivity index (χ2n) is 5.29. The highest BCUT2D eigenvalue weighted by Crippen LogP contribution is 2.27. The quantitative estimate of drug-likeness (QED) is 0.759. The molecule has 0 aliphatic carbocycles. The summed E-state index contributed by atoms with van der Waals surface area (Å²) in [5, 5.41) is 6.01. The zero-order chi connectivity index (χ0) is 18.1. The summed E-state index contributed by atoms with van der Waals surface area (Å²) in [7, 11) is 3.26. The highest BCUT2D eigenvalue weighted by Gasteiger charge is 2.05. The standard InChI is InChI=1S/C19H24N2O4/c1-4-25-19(22)21-16-8-6-15(7-9-16)20-12-11-14-5-10-17(23-2)18(13-14)24-3/h5-10,13,20H,4,11-12H2,1-3H3,(H,21,22). The van der Waals surface area contributed by atoms with Crippen LogP contribution in [0.1, 0.15) is 12.5 Å². The molecule has 134 valence electrons. The van der Waals surface area contributed by atoms with Crippen LogP contribution >= 0.6 is 0 Å². The van der Waals surface area contributed by atoms with Crippen LogP contribution in [0.5, 0.6) is 11.5 Å². The van der Waals surface area contributed by atoms with Crippen LogP contribution in [0.4, 0.5) is 16.2 Å². The monoisotopic (exact) mass is 344 g/mol. The molecule has 1 amide bonds. The van der Waals surface area contributed by atoms with Crippen molar-refractivity contribution in [3.63, 3.8) is 0 Å². The van der Waals surface area contributed by atoms with E-state index in [1.165, 1.54) is 0 Å². The third kappa shape index (κ3) is 5.60. The molecule has 25 heavy (non-hydrogen) atoms. The summed E-state index contributed by atoms with van der Waals surface area (Å²) in [6.07, 6.45) is 0.403. The molecule has 0 aliphatic rings. The summed E-state index contributed by atoms with van der Waals surface area (Å²) >= 11 is 0. The predicted octanol–water partition coefficient (Wildman–Crippen LogP) is 3.93. The van der Waals surface area contributed by atoms with Crippen molar-refractivity contribution in [2.75, 3.05) is 38.0 Å². The Bertz CT molecular complexity index is 686. The van der Waals surface area contributed by atoms with E-state index in [-0.39, 0.29) is 0 Å². The number of benzene rings is 2. The summed E-state index contributed by atoms with van der Waals surface area (Å²) in [4.78, 5) is 11.4. The first kappa shape index (κ1) is 18.4. The lowest BCUT2D eigenvalue weighted by atomic mass is 10.1. The van der Waals surface area contributed by atoms with Crippen molar-refractivity contribution < 1.29 is 19.0 Å². The normalized spacial score (nSPS) is 10.0. The fraction of sp³-hybridized carbons (Fsp3) is 0.316. The van der Waals surface area contributed by atoms with Crippen LogP contribution in [-0.2, 0) is 11.2 Å². The molecule has 0 unspecified atom stereocenters. The number of nitrogens with one attached hydrogen (secondary N) is 2. The van der Waals surface area contributed by atoms with E-state index >= 15 is 0 Å². The minimum atomic E-state index is -0.448. The van der Waals surface area contributed by atoms with Gasteiger partial charge in [-0.25, -0.2) is 4.79 Å². The SMILES string of the molecule is CCOC(=O)Nc1ccc(NCCc2ccc(OC)c(OC)c2)cc1. The van der Waals surface area contributed by atoms with Gasteiger partial charge in [-0.2, -0.15) is 0 Å². The number of methoxy groups -OCH3 is 2. The molecule has 0 saturated heterocycles. The Morgan fingerprint density at radius 2 is 1.64 bits per heavy atom. The molecule has 0 atom stereocenters. The van der Waals surface area contributed by atoms with Gasteiger partial charge in [0.1, 0.15) is 0 Å². The minimum Gasteiger partial charge on any atom is -0.493 e. The number of rotatable bonds is 8. The maximum absolute atomic E-state index is 11.4. The maximum Gasteiger partial charge on any atom is 0.411 e. The Labute approximate surface area is 148 Å². The minimum absolute atomic E-state index is 0.349. The molecule has 0 radical (unpaired) electrons. The second-order valence-corrected chi connectivity index (χ2v) is 5.29. The largest absolute Gasteiger partial charge is 0.493 e. The van der Waals surface area contributed by atoms with Gasteiger partial charge in [0.2, 0.25) is 0 Å². The first-order chi connectivity index (χ1) is 12.2. The zero-order valence-corrected chi connectivity index (χ0v) is 14.8. The highest BCUT2D eigenvalue weighted by molar-refractivity contribution is 5.84. The number of hydrogen-bond acceptors (Lipinski definition) is 5. The van der Waals surface area contributed by atoms with E-state index in [1.54, 1.807) is 21.1 Å². The van der Waals surface area contributed by atoms with Crippen molar-refractivity contribution >= 4 is 17.5 Å². The average Bonchev–Trinajstić information content (AvgIpc) is 2.63. The van der Waals surface area contributed by atoms with Crippen LogP contribution in [0.3, 0.4) is 0 Å². The zero-order valence-electron chi connectivity index (χ0n) is 14.8. The van der Waals surface area contributed by atoms with Gasteiger partial charge in [-0.15, -0.1) is 0 Å². The van der Waals surface area contributed by atoms with E-state index < -0.39 is 6.09 Å². The number of carbonyl (C=O) groups excluding carboxylic acids is 1. The number of hydrogen-bond donors (Lipinski definition) is 2. The van der Waals surface area contributed by atoms with E-state index in [0.717, 1.165) is 35.7 Å². The molecule has 0 fully saturated rings. The van der Waals surface area contributed by atoms with E-state index in [0.29, 0.717) is 12.3 Å². The van der Waals surface area contributed by atoms with Crippen molar-refractivity contribution in [3.05, 3.63) is 48.0 Å². The molecule has 2 rings (SSSR count). The summed E-state index contributed by atoms with van der Waals surface area (Å²) in [6, 6.07) is 13.4. The molecule has 2 aromatic carbocycles. The van der Waals surface area contributed by atoms with Gasteiger partial charge in [-0.1, -0.05) is 6.07 Å². The van der Waals surface area contributed by atoms with Gasteiger partial charge < -0.3 is 19.5 Å². The van der Waals surface area contributed by atoms with Gasteiger partial charge in [-0.05, 0) is 55.3 Å². The smallest absolute Gasteiger partial charge is 0.411 e. The Kier molecular flexibility index (Phi) is 6.95. The second kappa shape index (κ2) is 9.42. The highest BCUT2D eigenvalue weighted by atomic mass is 16.5. The van der Waals surface area contributed by atoms with Crippen LogP contribution in [0.25, 0.3) is 0 Å². The Hall–Kier alpha value is -2.89. The Morgan fingerprint density at radius 3 is 2.28 bits per heavy atom. The molecular weight excluding hydrogens is 320 g/mol. The van der Waals surface area contributed by atoms with Gasteiger partial charge >= 0.3 is 6.09 Å². The predicted molar refractivity (Wildman–Crippen MR) is 98.8 cm³/mol. The van der Waals surface area contributed by atoms with E-state index in [4.69, 9.17) is 14.2 Å². The molecule has 0 aliphatic heterocycles. The Balaban J connectivity index is 1.84. The first-order valence-corrected chi connectivity index (χ1v) is 8.15. The van der Waals surface area contributed by atoms with Crippen molar-refractivity contribution in [1.82, 2.24) is 0 Å². The number of anilines is 2. The molecule has 0 saturated carbocycles. The molecule has 6 nitrogen and oxygen atoms in total. The van der Waals surface area contributed by atoms with Gasteiger partial charge in [0.25, 0.3) is 0 Å².